The molecule has 0 aliphatic rings. The van der Waals surface area contributed by atoms with Crippen LogP contribution in [0.15, 0.2) is 30.3 Å². The van der Waals surface area contributed by atoms with E-state index in [0.717, 1.165) is 26.3 Å². The van der Waals surface area contributed by atoms with Crippen molar-refractivity contribution < 1.29 is 9.47 Å². The molecule has 1 aromatic heterocycles. The summed E-state index contributed by atoms with van der Waals surface area (Å²) in [7, 11) is 3.28. The largest absolute Gasteiger partial charge is 0.497 e. The van der Waals surface area contributed by atoms with Gasteiger partial charge in [-0.05, 0) is 29.8 Å². The van der Waals surface area contributed by atoms with E-state index in [4.69, 9.17) is 21.1 Å². The van der Waals surface area contributed by atoms with E-state index >= 15 is 0 Å². The van der Waals surface area contributed by atoms with Crippen molar-refractivity contribution in [2.75, 3.05) is 14.2 Å². The minimum Gasteiger partial charge on any atom is -0.497 e. The van der Waals surface area contributed by atoms with Crippen LogP contribution in [0.25, 0.3) is 10.4 Å². The molecule has 1 aromatic carbocycles. The zero-order chi connectivity index (χ0) is 11.5. The van der Waals surface area contributed by atoms with Gasteiger partial charge in [-0.25, -0.2) is 0 Å². The Kier molecular flexibility index (Phi) is 3.36. The highest BCUT2D eigenvalue weighted by molar-refractivity contribution is 7.19. The Bertz CT molecular complexity index is 471. The quantitative estimate of drug-likeness (QED) is 0.822. The molecule has 0 fully saturated rings. The molecule has 16 heavy (non-hydrogen) atoms. The van der Waals surface area contributed by atoms with Gasteiger partial charge in [0.25, 0.3) is 0 Å². The first kappa shape index (κ1) is 11.3. The normalized spacial score (nSPS) is 10.2. The van der Waals surface area contributed by atoms with Crippen molar-refractivity contribution in [2.45, 2.75) is 0 Å². The highest BCUT2D eigenvalue weighted by Gasteiger charge is 2.06. The summed E-state index contributed by atoms with van der Waals surface area (Å²) in [5, 5.41) is 0. The number of hydrogen-bond acceptors (Lipinski definition) is 3. The predicted molar refractivity (Wildman–Crippen MR) is 67.9 cm³/mol. The molecule has 2 rings (SSSR count). The van der Waals surface area contributed by atoms with E-state index < -0.39 is 0 Å². The molecule has 0 spiro atoms. The Balaban J connectivity index is 2.47. The zero-order valence-electron chi connectivity index (χ0n) is 8.99. The lowest BCUT2D eigenvalue weighted by Crippen LogP contribution is -1.87. The van der Waals surface area contributed by atoms with Gasteiger partial charge in [-0.1, -0.05) is 11.6 Å². The first-order valence-corrected chi connectivity index (χ1v) is 5.91. The Hall–Kier alpha value is -1.19. The molecule has 0 bridgehead atoms. The van der Waals surface area contributed by atoms with Crippen LogP contribution in [0, 0.1) is 0 Å². The summed E-state index contributed by atoms with van der Waals surface area (Å²) < 4.78 is 11.2. The first-order chi connectivity index (χ1) is 7.72. The standard InChI is InChI=1S/C12H11ClO2S/c1-14-9-5-8(6-10(7-9)15-2)11-3-4-12(13)16-11/h3-7H,1-2H3. The third-order valence-electron chi connectivity index (χ3n) is 2.21. The van der Waals surface area contributed by atoms with Crippen molar-refractivity contribution in [2.24, 2.45) is 0 Å². The number of methoxy groups -OCH3 is 2. The van der Waals surface area contributed by atoms with E-state index in [1.807, 2.05) is 30.3 Å². The monoisotopic (exact) mass is 254 g/mol. The molecule has 0 unspecified atom stereocenters. The summed E-state index contributed by atoms with van der Waals surface area (Å²) in [6.45, 7) is 0. The number of thiophene rings is 1. The molecule has 2 nitrogen and oxygen atoms in total. The molecule has 0 saturated carbocycles. The second-order valence-electron chi connectivity index (χ2n) is 3.21. The number of ether oxygens (including phenoxy) is 2. The molecule has 0 N–H and O–H groups in total. The Labute approximate surface area is 103 Å². The van der Waals surface area contributed by atoms with E-state index in [0.29, 0.717) is 0 Å². The molecule has 84 valence electrons. The van der Waals surface area contributed by atoms with Gasteiger partial charge >= 0.3 is 0 Å². The van der Waals surface area contributed by atoms with Crippen LogP contribution in [-0.2, 0) is 0 Å². The molecule has 0 saturated heterocycles. The first-order valence-electron chi connectivity index (χ1n) is 4.71. The maximum atomic E-state index is 5.91. The maximum Gasteiger partial charge on any atom is 0.123 e. The second kappa shape index (κ2) is 4.76. The van der Waals surface area contributed by atoms with Crippen LogP contribution in [0.1, 0.15) is 0 Å². The Morgan fingerprint density at radius 2 is 1.62 bits per heavy atom. The van der Waals surface area contributed by atoms with E-state index in [9.17, 15) is 0 Å². The fourth-order valence-corrected chi connectivity index (χ4v) is 2.45. The van der Waals surface area contributed by atoms with Crippen molar-refractivity contribution in [3.63, 3.8) is 0 Å². The molecular formula is C12H11ClO2S. The fraction of sp³-hybridized carbons (Fsp3) is 0.167. The minimum atomic E-state index is 0.775. The topological polar surface area (TPSA) is 18.5 Å². The van der Waals surface area contributed by atoms with E-state index in [-0.39, 0.29) is 0 Å². The second-order valence-corrected chi connectivity index (χ2v) is 4.92. The number of hydrogen-bond donors (Lipinski definition) is 0. The molecule has 0 amide bonds. The number of rotatable bonds is 3. The van der Waals surface area contributed by atoms with Crippen LogP contribution in [0.2, 0.25) is 4.34 Å². The lowest BCUT2D eigenvalue weighted by atomic mass is 10.1. The third-order valence-corrected chi connectivity index (χ3v) is 3.49. The summed E-state index contributed by atoms with van der Waals surface area (Å²) in [5.74, 6) is 1.55. The maximum absolute atomic E-state index is 5.91. The molecule has 0 aliphatic heterocycles. The minimum absolute atomic E-state index is 0.775. The molecule has 0 aliphatic carbocycles. The average molecular weight is 255 g/mol. The molecule has 4 heteroatoms. The summed E-state index contributed by atoms with van der Waals surface area (Å²) in [4.78, 5) is 1.10. The lowest BCUT2D eigenvalue weighted by molar-refractivity contribution is 0.394. The Morgan fingerprint density at radius 1 is 1.00 bits per heavy atom. The Morgan fingerprint density at radius 3 is 2.06 bits per heavy atom. The van der Waals surface area contributed by atoms with Gasteiger partial charge in [-0.3, -0.25) is 0 Å². The number of benzene rings is 1. The zero-order valence-corrected chi connectivity index (χ0v) is 10.6. The highest BCUT2D eigenvalue weighted by atomic mass is 35.5. The van der Waals surface area contributed by atoms with Gasteiger partial charge in [0.1, 0.15) is 11.5 Å². The third kappa shape index (κ3) is 2.31. The molecule has 1 heterocycles. The van der Waals surface area contributed by atoms with Gasteiger partial charge in [0.15, 0.2) is 0 Å². The van der Waals surface area contributed by atoms with E-state index in [2.05, 4.69) is 0 Å². The van der Waals surface area contributed by atoms with Gasteiger partial charge in [-0.15, -0.1) is 11.3 Å². The van der Waals surface area contributed by atoms with Crippen molar-refractivity contribution in [3.05, 3.63) is 34.7 Å². The van der Waals surface area contributed by atoms with Gasteiger partial charge in [0, 0.05) is 10.9 Å². The van der Waals surface area contributed by atoms with Crippen molar-refractivity contribution in [1.82, 2.24) is 0 Å². The summed E-state index contributed by atoms with van der Waals surface area (Å²) in [6, 6.07) is 9.64. The lowest BCUT2D eigenvalue weighted by Gasteiger charge is -2.06. The van der Waals surface area contributed by atoms with Crippen LogP contribution in [0.4, 0.5) is 0 Å². The van der Waals surface area contributed by atoms with Crippen LogP contribution < -0.4 is 9.47 Å². The van der Waals surface area contributed by atoms with E-state index in [1.54, 1.807) is 14.2 Å². The van der Waals surface area contributed by atoms with Gasteiger partial charge in [0.05, 0.1) is 18.6 Å². The average Bonchev–Trinajstić information content (AvgIpc) is 2.75. The molecule has 2 aromatic rings. The fourth-order valence-electron chi connectivity index (χ4n) is 1.42. The molecule has 0 atom stereocenters. The predicted octanol–water partition coefficient (Wildman–Crippen LogP) is 4.09. The summed E-state index contributed by atoms with van der Waals surface area (Å²) in [5.41, 5.74) is 1.05. The van der Waals surface area contributed by atoms with Crippen molar-refractivity contribution in [1.29, 1.82) is 0 Å². The van der Waals surface area contributed by atoms with Gasteiger partial charge in [0.2, 0.25) is 0 Å². The summed E-state index contributed by atoms with van der Waals surface area (Å²) in [6.07, 6.45) is 0. The van der Waals surface area contributed by atoms with Gasteiger partial charge < -0.3 is 9.47 Å². The van der Waals surface area contributed by atoms with E-state index in [1.165, 1.54) is 11.3 Å². The smallest absolute Gasteiger partial charge is 0.123 e. The molecule has 0 radical (unpaired) electrons. The highest BCUT2D eigenvalue weighted by Crippen LogP contribution is 2.35. The van der Waals surface area contributed by atoms with Crippen molar-refractivity contribution >= 4 is 22.9 Å². The SMILES string of the molecule is COc1cc(OC)cc(-c2ccc(Cl)s2)c1. The van der Waals surface area contributed by atoms with Crippen LogP contribution in [0.5, 0.6) is 11.5 Å². The van der Waals surface area contributed by atoms with Gasteiger partial charge in [-0.2, -0.15) is 0 Å². The van der Waals surface area contributed by atoms with Crippen molar-refractivity contribution in [3.8, 4) is 21.9 Å². The molecular weight excluding hydrogens is 244 g/mol. The van der Waals surface area contributed by atoms with Crippen LogP contribution in [-0.4, -0.2) is 14.2 Å². The van der Waals surface area contributed by atoms with Crippen LogP contribution >= 0.6 is 22.9 Å². The summed E-state index contributed by atoms with van der Waals surface area (Å²) >= 11 is 7.45. The number of halogens is 1. The van der Waals surface area contributed by atoms with Crippen LogP contribution in [0.3, 0.4) is 0 Å².